The molecule has 2 N–H and O–H groups in total. The second-order valence-corrected chi connectivity index (χ2v) is 5.03. The number of nitrogens with zero attached hydrogens (tertiary/aromatic N) is 1. The van der Waals surface area contributed by atoms with Gasteiger partial charge in [-0.15, -0.1) is 0 Å². The molecule has 1 aliphatic carbocycles. The van der Waals surface area contributed by atoms with E-state index in [0.717, 1.165) is 30.7 Å². The maximum atomic E-state index is 11.8. The lowest BCUT2D eigenvalue weighted by Gasteiger charge is -2.23. The zero-order valence-electron chi connectivity index (χ0n) is 10.6. The maximum absolute atomic E-state index is 11.8. The molecule has 1 atom stereocenters. The lowest BCUT2D eigenvalue weighted by molar-refractivity contribution is -0.135. The van der Waals surface area contributed by atoms with E-state index in [-0.39, 0.29) is 30.2 Å². The first-order valence-electron chi connectivity index (χ1n) is 6.45. The summed E-state index contributed by atoms with van der Waals surface area (Å²) < 4.78 is 0. The Kier molecular flexibility index (Phi) is 3.84. The van der Waals surface area contributed by atoms with Crippen LogP contribution in [0.3, 0.4) is 0 Å². The Bertz CT molecular complexity index is 364. The van der Waals surface area contributed by atoms with E-state index in [0.29, 0.717) is 0 Å². The highest BCUT2D eigenvalue weighted by Crippen LogP contribution is 2.18. The van der Waals surface area contributed by atoms with Crippen LogP contribution in [-0.2, 0) is 14.4 Å². The summed E-state index contributed by atoms with van der Waals surface area (Å²) >= 11 is 0. The highest BCUT2D eigenvalue weighted by atomic mass is 16.2. The van der Waals surface area contributed by atoms with Gasteiger partial charge >= 0.3 is 0 Å². The predicted octanol–water partition coefficient (Wildman–Crippen LogP) is -0.0552. The van der Waals surface area contributed by atoms with Crippen molar-refractivity contribution in [2.75, 3.05) is 7.05 Å². The van der Waals surface area contributed by atoms with Gasteiger partial charge < -0.3 is 5.32 Å². The molecule has 2 fully saturated rings. The highest BCUT2D eigenvalue weighted by Gasteiger charge is 2.38. The highest BCUT2D eigenvalue weighted by molar-refractivity contribution is 6.07. The first-order valence-corrected chi connectivity index (χ1v) is 6.45. The van der Waals surface area contributed by atoms with E-state index < -0.39 is 5.92 Å². The lowest BCUT2D eigenvalue weighted by Crippen LogP contribution is -2.38. The van der Waals surface area contributed by atoms with Crippen molar-refractivity contribution in [2.45, 2.75) is 44.6 Å². The van der Waals surface area contributed by atoms with Crippen molar-refractivity contribution in [3.63, 3.8) is 0 Å². The molecule has 0 bridgehead atoms. The Morgan fingerprint density at radius 3 is 2.56 bits per heavy atom. The van der Waals surface area contributed by atoms with Crippen LogP contribution in [0.1, 0.15) is 38.5 Å². The van der Waals surface area contributed by atoms with Gasteiger partial charge in [-0.05, 0) is 12.8 Å². The summed E-state index contributed by atoms with van der Waals surface area (Å²) in [6.45, 7) is 0. The monoisotopic (exact) mass is 253 g/mol. The van der Waals surface area contributed by atoms with Crippen LogP contribution in [0.2, 0.25) is 0 Å². The molecule has 18 heavy (non-hydrogen) atoms. The second-order valence-electron chi connectivity index (χ2n) is 5.03. The molecule has 6 heteroatoms. The molecule has 2 rings (SSSR count). The molecule has 0 aromatic carbocycles. The Morgan fingerprint density at radius 1 is 1.33 bits per heavy atom. The number of nitrogens with one attached hydrogen (secondary N) is 2. The van der Waals surface area contributed by atoms with E-state index >= 15 is 0 Å². The quantitative estimate of drug-likeness (QED) is 0.692. The summed E-state index contributed by atoms with van der Waals surface area (Å²) in [6, 6.07) is 0.212. The zero-order chi connectivity index (χ0) is 13.1. The third-order valence-electron chi connectivity index (χ3n) is 3.58. The third-order valence-corrected chi connectivity index (χ3v) is 3.58. The largest absolute Gasteiger partial charge is 0.353 e. The summed E-state index contributed by atoms with van der Waals surface area (Å²) in [6.07, 6.45) is 5.44. The van der Waals surface area contributed by atoms with Gasteiger partial charge in [0.2, 0.25) is 5.91 Å². The van der Waals surface area contributed by atoms with Crippen LogP contribution in [0.25, 0.3) is 0 Å². The van der Waals surface area contributed by atoms with Crippen LogP contribution in [-0.4, -0.2) is 35.8 Å². The van der Waals surface area contributed by atoms with Crippen molar-refractivity contribution in [2.24, 2.45) is 5.92 Å². The fraction of sp³-hybridized carbons (Fsp3) is 0.750. The number of hydrogen-bond acceptors (Lipinski definition) is 3. The molecule has 6 nitrogen and oxygen atoms in total. The molecule has 100 valence electrons. The van der Waals surface area contributed by atoms with E-state index in [1.165, 1.54) is 13.5 Å². The van der Waals surface area contributed by atoms with Gasteiger partial charge in [-0.25, -0.2) is 0 Å². The van der Waals surface area contributed by atoms with Crippen LogP contribution in [0, 0.1) is 5.92 Å². The second kappa shape index (κ2) is 5.37. The van der Waals surface area contributed by atoms with E-state index in [1.54, 1.807) is 0 Å². The van der Waals surface area contributed by atoms with Gasteiger partial charge in [0.1, 0.15) is 5.92 Å². The molecule has 1 heterocycles. The fourth-order valence-electron chi connectivity index (χ4n) is 2.54. The lowest BCUT2D eigenvalue weighted by atomic mass is 9.95. The van der Waals surface area contributed by atoms with Crippen molar-refractivity contribution >= 4 is 17.7 Å². The van der Waals surface area contributed by atoms with Crippen molar-refractivity contribution < 1.29 is 14.4 Å². The van der Waals surface area contributed by atoms with E-state index in [1.807, 2.05) is 0 Å². The van der Waals surface area contributed by atoms with Gasteiger partial charge in [-0.2, -0.15) is 0 Å². The van der Waals surface area contributed by atoms with Crippen LogP contribution < -0.4 is 10.7 Å². The van der Waals surface area contributed by atoms with Crippen LogP contribution in [0.15, 0.2) is 0 Å². The number of carbonyl (C=O) groups excluding carboxylic acids is 3. The summed E-state index contributed by atoms with van der Waals surface area (Å²) in [7, 11) is 1.49. The minimum atomic E-state index is -0.862. The van der Waals surface area contributed by atoms with Crippen LogP contribution >= 0.6 is 0 Å². The molecular weight excluding hydrogens is 234 g/mol. The Balaban J connectivity index is 1.83. The molecule has 1 unspecified atom stereocenters. The van der Waals surface area contributed by atoms with Crippen molar-refractivity contribution in [3.8, 4) is 0 Å². The number of amides is 3. The SMILES string of the molecule is CN1NC(=O)C(CC(=O)NC2CCCCC2)C1=O. The molecule has 0 radical (unpaired) electrons. The number of hydrogen-bond donors (Lipinski definition) is 2. The summed E-state index contributed by atoms with van der Waals surface area (Å²) in [5.74, 6) is -1.79. The van der Waals surface area contributed by atoms with Crippen LogP contribution in [0.4, 0.5) is 0 Å². The predicted molar refractivity (Wildman–Crippen MR) is 64.0 cm³/mol. The first kappa shape index (κ1) is 12.9. The topological polar surface area (TPSA) is 78.5 Å². The maximum Gasteiger partial charge on any atom is 0.253 e. The van der Waals surface area contributed by atoms with Gasteiger partial charge in [-0.3, -0.25) is 24.8 Å². The van der Waals surface area contributed by atoms with Gasteiger partial charge in [0.15, 0.2) is 0 Å². The molecule has 3 amide bonds. The number of rotatable bonds is 3. The Hall–Kier alpha value is -1.59. The molecule has 2 aliphatic rings. The van der Waals surface area contributed by atoms with Gasteiger partial charge in [0.05, 0.1) is 0 Å². The molecular formula is C12H19N3O3. The smallest absolute Gasteiger partial charge is 0.253 e. The number of hydrazine groups is 1. The van der Waals surface area contributed by atoms with E-state index in [4.69, 9.17) is 0 Å². The van der Waals surface area contributed by atoms with Gasteiger partial charge in [0.25, 0.3) is 11.8 Å². The molecule has 0 spiro atoms. The van der Waals surface area contributed by atoms with Gasteiger partial charge in [-0.1, -0.05) is 19.3 Å². The van der Waals surface area contributed by atoms with E-state index in [2.05, 4.69) is 10.7 Å². The van der Waals surface area contributed by atoms with Crippen LogP contribution in [0.5, 0.6) is 0 Å². The first-order chi connectivity index (χ1) is 8.58. The van der Waals surface area contributed by atoms with E-state index in [9.17, 15) is 14.4 Å². The average molecular weight is 253 g/mol. The minimum absolute atomic E-state index is 0.0501. The normalized spacial score (nSPS) is 25.2. The molecule has 1 saturated carbocycles. The van der Waals surface area contributed by atoms with Crippen molar-refractivity contribution in [1.82, 2.24) is 15.8 Å². The number of carbonyl (C=O) groups is 3. The van der Waals surface area contributed by atoms with Gasteiger partial charge in [0, 0.05) is 19.5 Å². The van der Waals surface area contributed by atoms with Crippen molar-refractivity contribution in [3.05, 3.63) is 0 Å². The summed E-state index contributed by atoms with van der Waals surface area (Å²) in [4.78, 5) is 34.9. The molecule has 1 saturated heterocycles. The Morgan fingerprint density at radius 2 is 2.00 bits per heavy atom. The zero-order valence-corrected chi connectivity index (χ0v) is 10.6. The summed E-state index contributed by atoms with van der Waals surface area (Å²) in [5, 5.41) is 4.05. The molecule has 0 aromatic heterocycles. The average Bonchev–Trinajstić information content (AvgIpc) is 2.57. The standard InChI is InChI=1S/C12H19N3O3/c1-15-12(18)9(11(17)14-15)7-10(16)13-8-5-3-2-4-6-8/h8-9H,2-7H2,1H3,(H,13,16)(H,14,17). The summed E-state index contributed by atoms with van der Waals surface area (Å²) in [5.41, 5.74) is 2.39. The molecule has 1 aliphatic heterocycles. The third kappa shape index (κ3) is 2.80. The minimum Gasteiger partial charge on any atom is -0.353 e. The fourth-order valence-corrected chi connectivity index (χ4v) is 2.54. The van der Waals surface area contributed by atoms with Crippen molar-refractivity contribution in [1.29, 1.82) is 0 Å². The Labute approximate surface area is 106 Å². The molecule has 0 aromatic rings.